The molecule has 2 aliphatic heterocycles. The Morgan fingerprint density at radius 3 is 2.96 bits per heavy atom. The van der Waals surface area contributed by atoms with Crippen LogP contribution >= 0.6 is 0 Å². The van der Waals surface area contributed by atoms with Gasteiger partial charge in [-0.05, 0) is 44.2 Å². The van der Waals surface area contributed by atoms with Crippen molar-refractivity contribution in [2.75, 3.05) is 19.8 Å². The van der Waals surface area contributed by atoms with Crippen molar-refractivity contribution in [2.24, 2.45) is 0 Å². The number of ether oxygens (including phenoxy) is 2. The molecule has 0 aliphatic carbocycles. The fourth-order valence-electron chi connectivity index (χ4n) is 2.74. The van der Waals surface area contributed by atoms with Gasteiger partial charge in [-0.25, -0.2) is 9.29 Å². The lowest BCUT2D eigenvalue weighted by Gasteiger charge is -2.22. The third-order valence-corrected chi connectivity index (χ3v) is 5.70. The quantitative estimate of drug-likeness (QED) is 0.730. The van der Waals surface area contributed by atoms with Crippen molar-refractivity contribution in [1.29, 1.82) is 0 Å². The molecule has 1 fully saturated rings. The van der Waals surface area contributed by atoms with Crippen molar-refractivity contribution < 1.29 is 22.7 Å². The van der Waals surface area contributed by atoms with Crippen LogP contribution in [0.4, 0.5) is 0 Å². The van der Waals surface area contributed by atoms with Crippen LogP contribution in [0, 0.1) is 0 Å². The molecular formula is C15H20N2O5S. The van der Waals surface area contributed by atoms with E-state index in [1.807, 2.05) is 0 Å². The first-order valence-electron chi connectivity index (χ1n) is 7.86. The van der Waals surface area contributed by atoms with Crippen LogP contribution in [0.1, 0.15) is 42.5 Å². The highest BCUT2D eigenvalue weighted by Crippen LogP contribution is 2.28. The Kier molecular flexibility index (Phi) is 4.93. The van der Waals surface area contributed by atoms with Crippen LogP contribution in [0.5, 0.6) is 0 Å². The number of pyridine rings is 1. The van der Waals surface area contributed by atoms with E-state index in [4.69, 9.17) is 9.47 Å². The Balaban J connectivity index is 1.48. The van der Waals surface area contributed by atoms with Gasteiger partial charge < -0.3 is 9.47 Å². The van der Waals surface area contributed by atoms with Crippen LogP contribution in [0.15, 0.2) is 23.4 Å². The number of carbonyl (C=O) groups is 1. The zero-order valence-electron chi connectivity index (χ0n) is 12.8. The van der Waals surface area contributed by atoms with E-state index in [1.165, 1.54) is 12.3 Å². The molecule has 0 bridgehead atoms. The maximum absolute atomic E-state index is 12.3. The Labute approximate surface area is 135 Å². The molecule has 1 unspecified atom stereocenters. The lowest BCUT2D eigenvalue weighted by Crippen LogP contribution is -2.31. The van der Waals surface area contributed by atoms with E-state index in [0.29, 0.717) is 19.4 Å². The van der Waals surface area contributed by atoms with Gasteiger partial charge in [0.05, 0.1) is 5.56 Å². The molecule has 0 radical (unpaired) electrons. The molecular weight excluding hydrogens is 320 g/mol. The number of fused-ring (bicyclic) bond motifs is 1. The molecule has 0 N–H and O–H groups in total. The van der Waals surface area contributed by atoms with Crippen LogP contribution in [0.3, 0.4) is 0 Å². The lowest BCUT2D eigenvalue weighted by atomic mass is 10.2. The summed E-state index contributed by atoms with van der Waals surface area (Å²) in [5.74, 6) is -0.496. The number of nitrogens with zero attached hydrogens (tertiary/aromatic N) is 2. The largest absolute Gasteiger partial charge is 0.353 e. The molecule has 0 aromatic carbocycles. The maximum atomic E-state index is 12.3. The van der Waals surface area contributed by atoms with Crippen LogP contribution in [-0.2, 0) is 19.5 Å². The predicted octanol–water partition coefficient (Wildman–Crippen LogP) is 1.55. The maximum Gasteiger partial charge on any atom is 0.285 e. The number of hydrogen-bond acceptors (Lipinski definition) is 6. The summed E-state index contributed by atoms with van der Waals surface area (Å²) >= 11 is 0. The summed E-state index contributed by atoms with van der Waals surface area (Å²) < 4.78 is 36.6. The number of hydrogen-bond donors (Lipinski definition) is 0. The Hall–Kier alpha value is -1.51. The Morgan fingerprint density at radius 1 is 1.35 bits per heavy atom. The number of unbranched alkanes of at least 4 members (excludes halogenated alkanes) is 1. The second-order valence-electron chi connectivity index (χ2n) is 5.61. The van der Waals surface area contributed by atoms with Gasteiger partial charge in [0.15, 0.2) is 11.3 Å². The highest BCUT2D eigenvalue weighted by Gasteiger charge is 2.41. The highest BCUT2D eigenvalue weighted by atomic mass is 32.2. The van der Waals surface area contributed by atoms with Gasteiger partial charge in [-0.1, -0.05) is 0 Å². The van der Waals surface area contributed by atoms with Crippen molar-refractivity contribution >= 4 is 15.9 Å². The van der Waals surface area contributed by atoms with E-state index in [0.717, 1.165) is 30.2 Å². The summed E-state index contributed by atoms with van der Waals surface area (Å²) in [5, 5.41) is -0.142. The van der Waals surface area contributed by atoms with Gasteiger partial charge in [-0.3, -0.25) is 4.79 Å². The monoisotopic (exact) mass is 340 g/mol. The van der Waals surface area contributed by atoms with Crippen LogP contribution in [0.25, 0.3) is 0 Å². The first-order valence-corrected chi connectivity index (χ1v) is 9.30. The molecule has 3 heterocycles. The van der Waals surface area contributed by atoms with Gasteiger partial charge in [0.2, 0.25) is 0 Å². The first-order chi connectivity index (χ1) is 11.1. The number of carbonyl (C=O) groups excluding carboxylic acids is 1. The molecule has 7 nitrogen and oxygen atoms in total. The number of sulfonamides is 1. The smallest absolute Gasteiger partial charge is 0.285 e. The second-order valence-corrected chi connectivity index (χ2v) is 7.39. The standard InChI is InChI=1S/C15H20N2O5S/c18-15-12-6-5-8-16-14(12)23(19,20)17(15)9-2-4-11-22-13-7-1-3-10-21-13/h5-6,8,13H,1-4,7,9-11H2. The van der Waals surface area contributed by atoms with E-state index in [2.05, 4.69) is 4.98 Å². The zero-order chi connectivity index (χ0) is 16.3. The molecule has 1 saturated heterocycles. The third-order valence-electron chi connectivity index (χ3n) is 3.96. The van der Waals surface area contributed by atoms with Crippen molar-refractivity contribution in [2.45, 2.75) is 43.4 Å². The molecule has 0 spiro atoms. The van der Waals surface area contributed by atoms with E-state index in [1.54, 1.807) is 6.07 Å². The molecule has 1 aromatic rings. The molecule has 23 heavy (non-hydrogen) atoms. The minimum absolute atomic E-state index is 0.142. The lowest BCUT2D eigenvalue weighted by molar-refractivity contribution is -0.162. The van der Waals surface area contributed by atoms with Crippen molar-refractivity contribution in [3.05, 3.63) is 23.9 Å². The SMILES string of the molecule is O=C1c2cccnc2S(=O)(=O)N1CCCCOC1CCCCO1. The molecule has 1 amide bonds. The summed E-state index contributed by atoms with van der Waals surface area (Å²) in [6, 6.07) is 3.06. The Morgan fingerprint density at radius 2 is 2.22 bits per heavy atom. The average molecular weight is 340 g/mol. The minimum atomic E-state index is -3.80. The fraction of sp³-hybridized carbons (Fsp3) is 0.600. The normalized spacial score (nSPS) is 23.0. The molecule has 126 valence electrons. The molecule has 0 saturated carbocycles. The summed E-state index contributed by atoms with van der Waals surface area (Å²) in [4.78, 5) is 16.0. The summed E-state index contributed by atoms with van der Waals surface area (Å²) in [5.41, 5.74) is 0.152. The number of amides is 1. The summed E-state index contributed by atoms with van der Waals surface area (Å²) in [7, 11) is -3.80. The van der Waals surface area contributed by atoms with E-state index < -0.39 is 15.9 Å². The Bertz CT molecular complexity index is 670. The van der Waals surface area contributed by atoms with Gasteiger partial charge in [-0.2, -0.15) is 8.42 Å². The van der Waals surface area contributed by atoms with Crippen LogP contribution in [0.2, 0.25) is 0 Å². The molecule has 3 rings (SSSR count). The van der Waals surface area contributed by atoms with E-state index in [9.17, 15) is 13.2 Å². The topological polar surface area (TPSA) is 85.8 Å². The summed E-state index contributed by atoms with van der Waals surface area (Å²) in [6.45, 7) is 1.38. The molecule has 8 heteroatoms. The van der Waals surface area contributed by atoms with Crippen molar-refractivity contribution in [3.63, 3.8) is 0 Å². The van der Waals surface area contributed by atoms with Crippen molar-refractivity contribution in [1.82, 2.24) is 9.29 Å². The van der Waals surface area contributed by atoms with Gasteiger partial charge in [0.25, 0.3) is 15.9 Å². The highest BCUT2D eigenvalue weighted by molar-refractivity contribution is 7.90. The van der Waals surface area contributed by atoms with Gasteiger partial charge >= 0.3 is 0 Å². The predicted molar refractivity (Wildman–Crippen MR) is 81.2 cm³/mol. The molecule has 1 aromatic heterocycles. The number of aromatic nitrogens is 1. The second kappa shape index (κ2) is 6.94. The van der Waals surface area contributed by atoms with Gasteiger partial charge in [-0.15, -0.1) is 0 Å². The molecule has 2 aliphatic rings. The van der Waals surface area contributed by atoms with E-state index >= 15 is 0 Å². The number of rotatable bonds is 6. The van der Waals surface area contributed by atoms with Crippen LogP contribution < -0.4 is 0 Å². The zero-order valence-corrected chi connectivity index (χ0v) is 13.6. The van der Waals surface area contributed by atoms with Gasteiger partial charge in [0.1, 0.15) is 0 Å². The third kappa shape index (κ3) is 3.39. The first kappa shape index (κ1) is 16.4. The molecule has 1 atom stereocenters. The van der Waals surface area contributed by atoms with Crippen LogP contribution in [-0.4, -0.2) is 49.7 Å². The fourth-order valence-corrected chi connectivity index (χ4v) is 4.27. The average Bonchev–Trinajstić information content (AvgIpc) is 2.76. The van der Waals surface area contributed by atoms with Gasteiger partial charge in [0, 0.05) is 26.0 Å². The van der Waals surface area contributed by atoms with Crippen molar-refractivity contribution in [3.8, 4) is 0 Å². The minimum Gasteiger partial charge on any atom is -0.353 e. The summed E-state index contributed by atoms with van der Waals surface area (Å²) in [6.07, 6.45) is 5.54. The van der Waals surface area contributed by atoms with E-state index in [-0.39, 0.29) is 23.4 Å².